The summed E-state index contributed by atoms with van der Waals surface area (Å²) in [5.41, 5.74) is 2.42. The van der Waals surface area contributed by atoms with Crippen LogP contribution in [0, 0.1) is 5.21 Å². The van der Waals surface area contributed by atoms with Gasteiger partial charge < -0.3 is 10.3 Å². The van der Waals surface area contributed by atoms with E-state index in [1.165, 1.54) is 0 Å². The van der Waals surface area contributed by atoms with E-state index < -0.39 is 0 Å². The molecule has 0 aromatic rings. The van der Waals surface area contributed by atoms with Crippen molar-refractivity contribution in [3.8, 4) is 0 Å². The number of hydrogen-bond donors (Lipinski definition) is 2. The molecule has 1 unspecified atom stereocenters. The zero-order valence-electron chi connectivity index (χ0n) is 8.90. The summed E-state index contributed by atoms with van der Waals surface area (Å²) in [4.78, 5) is 5.22. The molecule has 0 heterocycles. The average molecular weight is 302 g/mol. The van der Waals surface area contributed by atoms with Gasteiger partial charge in [0.15, 0.2) is 6.67 Å². The van der Waals surface area contributed by atoms with E-state index in [4.69, 9.17) is 4.84 Å². The summed E-state index contributed by atoms with van der Waals surface area (Å²) in [6, 6.07) is 0. The highest BCUT2D eigenvalue weighted by Gasteiger charge is 2.20. The lowest BCUT2D eigenvalue weighted by atomic mass is 10.2. The summed E-state index contributed by atoms with van der Waals surface area (Å²) < 4.78 is -0.327. The van der Waals surface area contributed by atoms with Crippen LogP contribution in [0.4, 0.5) is 0 Å². The third-order valence-electron chi connectivity index (χ3n) is 1.27. The highest BCUT2D eigenvalue weighted by Crippen LogP contribution is 2.06. The van der Waals surface area contributed by atoms with Crippen molar-refractivity contribution in [2.75, 3.05) is 6.67 Å². The molecule has 1 atom stereocenters. The van der Waals surface area contributed by atoms with Gasteiger partial charge in [-0.3, -0.25) is 4.84 Å². The Morgan fingerprint density at radius 1 is 1.31 bits per heavy atom. The van der Waals surface area contributed by atoms with Gasteiger partial charge in [-0.05, 0) is 43.4 Å². The predicted molar refractivity (Wildman–Crippen MR) is 61.3 cm³/mol. The van der Waals surface area contributed by atoms with Crippen LogP contribution in [0.1, 0.15) is 34.6 Å². The molecule has 4 nitrogen and oxygen atoms in total. The summed E-state index contributed by atoms with van der Waals surface area (Å²) in [6.45, 7) is 9.82. The van der Waals surface area contributed by atoms with E-state index in [0.29, 0.717) is 0 Å². The molecule has 0 saturated heterocycles. The fourth-order valence-electron chi connectivity index (χ4n) is 0.528. The summed E-state index contributed by atoms with van der Waals surface area (Å²) in [7, 11) is 0. The van der Waals surface area contributed by atoms with Gasteiger partial charge in [-0.2, -0.15) is 5.48 Å². The Morgan fingerprint density at radius 3 is 2.08 bits per heavy atom. The van der Waals surface area contributed by atoms with Crippen LogP contribution in [0.3, 0.4) is 0 Å². The molecule has 2 N–H and O–H groups in total. The van der Waals surface area contributed by atoms with E-state index in [2.05, 4.69) is 28.1 Å². The van der Waals surface area contributed by atoms with E-state index in [-0.39, 0.29) is 20.9 Å². The molecule has 0 fully saturated rings. The fourth-order valence-corrected chi connectivity index (χ4v) is 0.719. The fraction of sp³-hybridized carbons (Fsp3) is 1.00. The Kier molecular flexibility index (Phi) is 5.09. The monoisotopic (exact) mass is 302 g/mol. The van der Waals surface area contributed by atoms with Crippen molar-refractivity contribution in [1.82, 2.24) is 5.48 Å². The van der Waals surface area contributed by atoms with Gasteiger partial charge in [0, 0.05) is 13.8 Å². The van der Waals surface area contributed by atoms with Crippen molar-refractivity contribution in [2.24, 2.45) is 0 Å². The second-order valence-corrected chi connectivity index (χ2v) is 7.13. The summed E-state index contributed by atoms with van der Waals surface area (Å²) in [5.74, 6) is 0. The minimum absolute atomic E-state index is 0.136. The van der Waals surface area contributed by atoms with Crippen LogP contribution in [0.5, 0.6) is 0 Å². The molecule has 0 amide bonds. The zero-order valence-corrected chi connectivity index (χ0v) is 11.1. The third-order valence-corrected chi connectivity index (χ3v) is 1.88. The van der Waals surface area contributed by atoms with Crippen LogP contribution < -0.4 is 10.5 Å². The SMILES string of the molecule is CC(C)(C)ONC[NH+]([O-])C(C)(C)I. The number of halogens is 1. The van der Waals surface area contributed by atoms with Gasteiger partial charge in [0.2, 0.25) is 0 Å². The van der Waals surface area contributed by atoms with Gasteiger partial charge in [0.1, 0.15) is 3.55 Å². The Balaban J connectivity index is 3.67. The number of nitrogens with one attached hydrogen (secondary N) is 2. The highest BCUT2D eigenvalue weighted by molar-refractivity contribution is 14.1. The van der Waals surface area contributed by atoms with Crippen LogP contribution >= 0.6 is 22.6 Å². The molecule has 0 aliphatic heterocycles. The summed E-state index contributed by atoms with van der Waals surface area (Å²) >= 11 is 2.12. The minimum atomic E-state index is -0.327. The van der Waals surface area contributed by atoms with Crippen molar-refractivity contribution in [2.45, 2.75) is 43.8 Å². The number of hydrogen-bond acceptors (Lipinski definition) is 3. The van der Waals surface area contributed by atoms with E-state index in [1.807, 2.05) is 34.6 Å². The smallest absolute Gasteiger partial charge is 0.153 e. The largest absolute Gasteiger partial charge is 0.632 e. The van der Waals surface area contributed by atoms with Gasteiger partial charge >= 0.3 is 0 Å². The van der Waals surface area contributed by atoms with Gasteiger partial charge in [-0.1, -0.05) is 0 Å². The lowest BCUT2D eigenvalue weighted by molar-refractivity contribution is -0.883. The van der Waals surface area contributed by atoms with Gasteiger partial charge in [0.25, 0.3) is 0 Å². The quantitative estimate of drug-likeness (QED) is 0.266. The van der Waals surface area contributed by atoms with E-state index in [9.17, 15) is 5.21 Å². The maximum atomic E-state index is 11.4. The van der Waals surface area contributed by atoms with Gasteiger partial charge in [-0.25, -0.2) is 0 Å². The molecule has 0 rings (SSSR count). The molecule has 0 aromatic carbocycles. The molecular weight excluding hydrogens is 283 g/mol. The number of rotatable bonds is 4. The number of quaternary nitrogens is 1. The Hall–Kier alpha value is 0.570. The molecule has 0 aliphatic carbocycles. The second-order valence-electron chi connectivity index (χ2n) is 4.43. The van der Waals surface area contributed by atoms with Crippen molar-refractivity contribution < 1.29 is 9.90 Å². The molecule has 0 spiro atoms. The zero-order chi connectivity index (χ0) is 10.7. The molecule has 0 aromatic heterocycles. The maximum absolute atomic E-state index is 11.4. The molecule has 80 valence electrons. The van der Waals surface area contributed by atoms with Crippen molar-refractivity contribution in [3.05, 3.63) is 5.21 Å². The average Bonchev–Trinajstić information content (AvgIpc) is 1.82. The van der Waals surface area contributed by atoms with Crippen LogP contribution in [0.15, 0.2) is 0 Å². The molecule has 0 aliphatic rings. The molecule has 13 heavy (non-hydrogen) atoms. The van der Waals surface area contributed by atoms with Gasteiger partial charge in [-0.15, -0.1) is 0 Å². The maximum Gasteiger partial charge on any atom is 0.153 e. The predicted octanol–water partition coefficient (Wildman–Crippen LogP) is 0.817. The molecule has 0 bridgehead atoms. The topological polar surface area (TPSA) is 48.8 Å². The minimum Gasteiger partial charge on any atom is -0.632 e. The van der Waals surface area contributed by atoms with Crippen molar-refractivity contribution in [1.29, 1.82) is 0 Å². The molecule has 5 heteroatoms. The first-order chi connectivity index (χ1) is 5.63. The van der Waals surface area contributed by atoms with E-state index >= 15 is 0 Å². The van der Waals surface area contributed by atoms with Crippen molar-refractivity contribution >= 4 is 22.6 Å². The first-order valence-corrected chi connectivity index (χ1v) is 5.34. The van der Waals surface area contributed by atoms with Crippen LogP contribution in [-0.2, 0) is 4.84 Å². The summed E-state index contributed by atoms with van der Waals surface area (Å²) in [6.07, 6.45) is 0. The lowest BCUT2D eigenvalue weighted by Crippen LogP contribution is -3.15. The Labute approximate surface area is 93.7 Å². The Morgan fingerprint density at radius 2 is 1.77 bits per heavy atom. The van der Waals surface area contributed by atoms with E-state index in [0.717, 1.165) is 0 Å². The van der Waals surface area contributed by atoms with Crippen LogP contribution in [0.25, 0.3) is 0 Å². The first kappa shape index (κ1) is 13.6. The standard InChI is InChI=1S/C8H19IN2O2/c1-7(2,3)13-10-6-11(12)8(4,5)9/h10-11H,6H2,1-5H3. The number of alkyl halides is 1. The third kappa shape index (κ3) is 7.63. The summed E-state index contributed by atoms with van der Waals surface area (Å²) in [5, 5.41) is 11.5. The molecule has 0 radical (unpaired) electrons. The van der Waals surface area contributed by atoms with Crippen molar-refractivity contribution in [3.63, 3.8) is 0 Å². The normalized spacial score (nSPS) is 15.9. The lowest BCUT2D eigenvalue weighted by Gasteiger charge is -2.34. The number of hydroxylamine groups is 3. The van der Waals surface area contributed by atoms with Crippen LogP contribution in [-0.4, -0.2) is 15.8 Å². The highest BCUT2D eigenvalue weighted by atomic mass is 127. The Bertz CT molecular complexity index is 151. The molecular formula is C8H19IN2O2. The van der Waals surface area contributed by atoms with Crippen LogP contribution in [0.2, 0.25) is 0 Å². The van der Waals surface area contributed by atoms with Gasteiger partial charge in [0.05, 0.1) is 5.60 Å². The second kappa shape index (κ2) is 4.88. The molecule has 0 saturated carbocycles. The van der Waals surface area contributed by atoms with E-state index in [1.54, 1.807) is 0 Å². The first-order valence-electron chi connectivity index (χ1n) is 4.26.